The summed E-state index contributed by atoms with van der Waals surface area (Å²) in [6, 6.07) is 13.1. The molecule has 6 heteroatoms. The average Bonchev–Trinajstić information content (AvgIpc) is 2.68. The van der Waals surface area contributed by atoms with Crippen LogP contribution in [0.25, 0.3) is 0 Å². The zero-order chi connectivity index (χ0) is 19.6. The van der Waals surface area contributed by atoms with Crippen LogP contribution >= 0.6 is 0 Å². The van der Waals surface area contributed by atoms with Gasteiger partial charge in [-0.2, -0.15) is 0 Å². The number of methoxy groups -OCH3 is 1. The predicted octanol–water partition coefficient (Wildman–Crippen LogP) is 2.29. The van der Waals surface area contributed by atoms with Crippen molar-refractivity contribution in [2.45, 2.75) is 13.5 Å². The number of carbonyl (C=O) groups excluding carboxylic acids is 1. The molecule has 140 valence electrons. The van der Waals surface area contributed by atoms with Gasteiger partial charge in [-0.05, 0) is 36.8 Å². The van der Waals surface area contributed by atoms with Crippen LogP contribution in [0.4, 0.5) is 5.69 Å². The summed E-state index contributed by atoms with van der Waals surface area (Å²) in [7, 11) is 3.29. The lowest BCUT2D eigenvalue weighted by atomic mass is 10.1. The van der Waals surface area contributed by atoms with Crippen LogP contribution in [0.15, 0.2) is 47.5 Å². The zero-order valence-corrected chi connectivity index (χ0v) is 15.8. The zero-order valence-electron chi connectivity index (χ0n) is 15.8. The summed E-state index contributed by atoms with van der Waals surface area (Å²) in [4.78, 5) is 16.2. The van der Waals surface area contributed by atoms with Crippen LogP contribution in [0.2, 0.25) is 0 Å². The van der Waals surface area contributed by atoms with Crippen molar-refractivity contribution in [3.05, 3.63) is 59.2 Å². The van der Waals surface area contributed by atoms with E-state index in [4.69, 9.17) is 11.2 Å². The number of ether oxygens (including phenoxy) is 1. The van der Waals surface area contributed by atoms with Crippen molar-refractivity contribution in [1.82, 2.24) is 10.6 Å². The molecule has 0 aromatic heterocycles. The van der Waals surface area contributed by atoms with Gasteiger partial charge in [0.25, 0.3) is 0 Å². The molecule has 6 nitrogen and oxygen atoms in total. The molecule has 0 spiro atoms. The summed E-state index contributed by atoms with van der Waals surface area (Å²) < 4.78 is 5.40. The molecular formula is C21H24N4O2. The third kappa shape index (κ3) is 6.08. The summed E-state index contributed by atoms with van der Waals surface area (Å²) >= 11 is 0. The van der Waals surface area contributed by atoms with E-state index >= 15 is 0 Å². The molecule has 0 fully saturated rings. The number of rotatable bonds is 6. The van der Waals surface area contributed by atoms with Crippen molar-refractivity contribution in [1.29, 1.82) is 0 Å². The van der Waals surface area contributed by atoms with Crippen molar-refractivity contribution < 1.29 is 9.53 Å². The second kappa shape index (κ2) is 9.88. The van der Waals surface area contributed by atoms with Crippen molar-refractivity contribution in [3.8, 4) is 18.1 Å². The first-order chi connectivity index (χ1) is 13.0. The summed E-state index contributed by atoms with van der Waals surface area (Å²) in [6.07, 6.45) is 5.37. The number of benzene rings is 2. The lowest BCUT2D eigenvalue weighted by Gasteiger charge is -2.14. The van der Waals surface area contributed by atoms with Crippen molar-refractivity contribution in [2.75, 3.05) is 26.0 Å². The second-order valence-corrected chi connectivity index (χ2v) is 5.87. The topological polar surface area (TPSA) is 74.8 Å². The fourth-order valence-electron chi connectivity index (χ4n) is 2.45. The number of hydrogen-bond donors (Lipinski definition) is 3. The predicted molar refractivity (Wildman–Crippen MR) is 109 cm³/mol. The highest BCUT2D eigenvalue weighted by molar-refractivity contribution is 5.95. The van der Waals surface area contributed by atoms with Crippen molar-refractivity contribution in [3.63, 3.8) is 0 Å². The first-order valence-electron chi connectivity index (χ1n) is 8.50. The van der Waals surface area contributed by atoms with Crippen LogP contribution in [0.5, 0.6) is 5.75 Å². The van der Waals surface area contributed by atoms with Gasteiger partial charge in [0.1, 0.15) is 5.75 Å². The number of guanidine groups is 1. The number of aliphatic imine (C=N–C) groups is 1. The lowest BCUT2D eigenvalue weighted by molar-refractivity contribution is -0.115. The van der Waals surface area contributed by atoms with E-state index in [9.17, 15) is 4.79 Å². The van der Waals surface area contributed by atoms with Crippen LogP contribution in [-0.2, 0) is 11.3 Å². The van der Waals surface area contributed by atoms with E-state index in [2.05, 4.69) is 26.9 Å². The molecule has 1 amide bonds. The quantitative estimate of drug-likeness (QED) is 0.418. The first kappa shape index (κ1) is 19.9. The Labute approximate surface area is 160 Å². The fraction of sp³-hybridized carbons (Fsp3) is 0.238. The minimum Gasteiger partial charge on any atom is -0.496 e. The van der Waals surface area contributed by atoms with Crippen LogP contribution in [0.3, 0.4) is 0 Å². The Hall–Kier alpha value is -3.46. The number of carbonyl (C=O) groups is 1. The third-order valence-corrected chi connectivity index (χ3v) is 3.84. The van der Waals surface area contributed by atoms with Gasteiger partial charge in [0.2, 0.25) is 5.91 Å². The van der Waals surface area contributed by atoms with Crippen molar-refractivity contribution >= 4 is 17.6 Å². The molecule has 0 unspecified atom stereocenters. The minimum absolute atomic E-state index is 0.0744. The first-order valence-corrected chi connectivity index (χ1v) is 8.50. The van der Waals surface area contributed by atoms with E-state index in [-0.39, 0.29) is 12.5 Å². The number of nitrogens with one attached hydrogen (secondary N) is 3. The number of hydrogen-bond acceptors (Lipinski definition) is 3. The van der Waals surface area contributed by atoms with Gasteiger partial charge in [-0.25, -0.2) is 0 Å². The molecule has 0 atom stereocenters. The Bertz CT molecular complexity index is 869. The summed E-state index contributed by atoms with van der Waals surface area (Å²) in [6.45, 7) is 2.61. The smallest absolute Gasteiger partial charge is 0.243 e. The lowest BCUT2D eigenvalue weighted by Crippen LogP contribution is -2.41. The molecule has 2 aromatic carbocycles. The van der Waals surface area contributed by atoms with E-state index in [1.165, 1.54) is 0 Å². The monoisotopic (exact) mass is 364 g/mol. The molecule has 0 radical (unpaired) electrons. The summed E-state index contributed by atoms with van der Waals surface area (Å²) in [5.74, 6) is 3.67. The summed E-state index contributed by atoms with van der Waals surface area (Å²) in [5, 5.41) is 8.95. The van der Waals surface area contributed by atoms with Gasteiger partial charge in [0.05, 0.1) is 13.7 Å². The van der Waals surface area contributed by atoms with E-state index in [0.29, 0.717) is 23.8 Å². The number of anilines is 1. The highest BCUT2D eigenvalue weighted by Gasteiger charge is 2.07. The molecule has 27 heavy (non-hydrogen) atoms. The maximum Gasteiger partial charge on any atom is 0.243 e. The molecule has 0 aliphatic carbocycles. The Kier molecular flexibility index (Phi) is 7.26. The maximum atomic E-state index is 12.1. The third-order valence-electron chi connectivity index (χ3n) is 3.84. The van der Waals surface area contributed by atoms with E-state index in [1.54, 1.807) is 38.4 Å². The standard InChI is InChI=1S/C21H24N4O2/c1-5-16-7-6-8-18(12-16)25-20(26)14-24-21(22-3)23-13-17-10-9-15(2)11-19(17)27-4/h1,6-12H,13-14H2,2-4H3,(H,25,26)(H2,22,23,24). The SMILES string of the molecule is C#Cc1cccc(NC(=O)CNC(=NC)NCc2ccc(C)cc2OC)c1. The van der Waals surface area contributed by atoms with E-state index in [0.717, 1.165) is 16.9 Å². The number of nitrogens with zero attached hydrogens (tertiary/aromatic N) is 1. The molecule has 0 aliphatic heterocycles. The molecule has 0 aliphatic rings. The van der Waals surface area contributed by atoms with Gasteiger partial charge in [-0.3, -0.25) is 9.79 Å². The molecule has 2 aromatic rings. The van der Waals surface area contributed by atoms with Crippen LogP contribution in [0, 0.1) is 19.3 Å². The normalized spacial score (nSPS) is 10.7. The molecule has 0 saturated carbocycles. The van der Waals surface area contributed by atoms with E-state index < -0.39 is 0 Å². The van der Waals surface area contributed by atoms with Gasteiger partial charge < -0.3 is 20.7 Å². The number of terminal acetylenes is 1. The fourth-order valence-corrected chi connectivity index (χ4v) is 2.45. The Morgan fingerprint density at radius 1 is 1.22 bits per heavy atom. The number of amides is 1. The van der Waals surface area contributed by atoms with Gasteiger partial charge >= 0.3 is 0 Å². The van der Waals surface area contributed by atoms with Crippen LogP contribution < -0.4 is 20.7 Å². The van der Waals surface area contributed by atoms with Gasteiger partial charge in [0.15, 0.2) is 5.96 Å². The molecular weight excluding hydrogens is 340 g/mol. The molecule has 3 N–H and O–H groups in total. The second-order valence-electron chi connectivity index (χ2n) is 5.87. The maximum absolute atomic E-state index is 12.1. The van der Waals surface area contributed by atoms with Gasteiger partial charge in [-0.15, -0.1) is 6.42 Å². The largest absolute Gasteiger partial charge is 0.496 e. The van der Waals surface area contributed by atoms with Crippen molar-refractivity contribution in [2.24, 2.45) is 4.99 Å². The highest BCUT2D eigenvalue weighted by Crippen LogP contribution is 2.19. The molecule has 0 bridgehead atoms. The molecule has 2 rings (SSSR count). The number of aryl methyl sites for hydroxylation is 1. The van der Waals surface area contributed by atoms with Crippen LogP contribution in [0.1, 0.15) is 16.7 Å². The summed E-state index contributed by atoms with van der Waals surface area (Å²) in [5.41, 5.74) is 3.50. The molecule has 0 saturated heterocycles. The average molecular weight is 364 g/mol. The molecule has 0 heterocycles. The minimum atomic E-state index is -0.194. The Morgan fingerprint density at radius 3 is 2.74 bits per heavy atom. The van der Waals surface area contributed by atoms with Crippen LogP contribution in [-0.4, -0.2) is 32.6 Å². The Morgan fingerprint density at radius 2 is 2.04 bits per heavy atom. The highest BCUT2D eigenvalue weighted by atomic mass is 16.5. The van der Waals surface area contributed by atoms with Gasteiger partial charge in [0, 0.05) is 30.4 Å². The van der Waals surface area contributed by atoms with Gasteiger partial charge in [-0.1, -0.05) is 24.1 Å². The van der Waals surface area contributed by atoms with E-state index in [1.807, 2.05) is 25.1 Å². The Balaban J connectivity index is 1.86.